The molecule has 0 aromatic heterocycles. The van der Waals surface area contributed by atoms with Crippen LogP contribution < -0.4 is 0 Å². The molecular weight excluding hydrogens is 298 g/mol. The van der Waals surface area contributed by atoms with Crippen LogP contribution in [-0.4, -0.2) is 31.7 Å². The Labute approximate surface area is 151 Å². The van der Waals surface area contributed by atoms with E-state index in [4.69, 9.17) is 4.74 Å². The van der Waals surface area contributed by atoms with Crippen molar-refractivity contribution in [2.24, 2.45) is 0 Å². The van der Waals surface area contributed by atoms with Gasteiger partial charge in [-0.1, -0.05) is 96.8 Å². The molecule has 0 bridgehead atoms. The van der Waals surface area contributed by atoms with Crippen LogP contribution in [0, 0.1) is 0 Å². The molecule has 0 saturated carbocycles. The zero-order valence-electron chi connectivity index (χ0n) is 16.8. The van der Waals surface area contributed by atoms with Crippen LogP contribution in [0.25, 0.3) is 0 Å². The molecule has 0 N–H and O–H groups in total. The fourth-order valence-corrected chi connectivity index (χ4v) is 2.91. The van der Waals surface area contributed by atoms with Gasteiger partial charge in [-0.25, -0.2) is 0 Å². The van der Waals surface area contributed by atoms with Gasteiger partial charge in [0.25, 0.3) is 0 Å². The monoisotopic (exact) mass is 341 g/mol. The molecule has 0 fully saturated rings. The molecule has 0 atom stereocenters. The lowest BCUT2D eigenvalue weighted by molar-refractivity contribution is -0.147. The Morgan fingerprint density at radius 1 is 0.667 bits per heavy atom. The third-order valence-electron chi connectivity index (χ3n) is 4.47. The molecule has 0 heterocycles. The average molecular weight is 342 g/mol. The van der Waals surface area contributed by atoms with E-state index in [1.807, 2.05) is 19.0 Å². The van der Waals surface area contributed by atoms with Crippen LogP contribution in [0.15, 0.2) is 0 Å². The zero-order chi connectivity index (χ0) is 17.9. The molecule has 144 valence electrons. The van der Waals surface area contributed by atoms with E-state index in [1.165, 1.54) is 83.5 Å². The number of carbonyl (C=O) groups is 1. The molecule has 0 unspecified atom stereocenters. The SMILES string of the molecule is CCCCCCCCCCCCCCCCCC(=O)OCN(C)C. The predicted molar refractivity (Wildman–Crippen MR) is 104 cm³/mol. The van der Waals surface area contributed by atoms with Crippen molar-refractivity contribution in [3.63, 3.8) is 0 Å². The molecule has 0 aliphatic rings. The van der Waals surface area contributed by atoms with E-state index in [0.717, 1.165) is 12.8 Å². The molecule has 0 saturated heterocycles. The zero-order valence-corrected chi connectivity index (χ0v) is 16.8. The summed E-state index contributed by atoms with van der Waals surface area (Å²) in [5.41, 5.74) is 0. The Bertz CT molecular complexity index is 267. The van der Waals surface area contributed by atoms with Crippen molar-refractivity contribution in [2.45, 2.75) is 110 Å². The van der Waals surface area contributed by atoms with Crippen LogP contribution in [0.2, 0.25) is 0 Å². The minimum atomic E-state index is -0.0570. The summed E-state index contributed by atoms with van der Waals surface area (Å²) in [6.07, 6.45) is 20.8. The second kappa shape index (κ2) is 18.8. The summed E-state index contributed by atoms with van der Waals surface area (Å²) in [7, 11) is 3.81. The quantitative estimate of drug-likeness (QED) is 0.166. The van der Waals surface area contributed by atoms with Gasteiger partial charge in [-0.3, -0.25) is 9.69 Å². The Balaban J connectivity index is 3.08. The van der Waals surface area contributed by atoms with Gasteiger partial charge in [-0.15, -0.1) is 0 Å². The third-order valence-corrected chi connectivity index (χ3v) is 4.47. The fraction of sp³-hybridized carbons (Fsp3) is 0.952. The number of hydrogen-bond acceptors (Lipinski definition) is 3. The predicted octanol–water partition coefficient (Wildman–Crippen LogP) is 6.31. The summed E-state index contributed by atoms with van der Waals surface area (Å²) in [4.78, 5) is 13.3. The van der Waals surface area contributed by atoms with Gasteiger partial charge >= 0.3 is 5.97 Å². The Kier molecular flexibility index (Phi) is 18.3. The first-order valence-corrected chi connectivity index (χ1v) is 10.5. The molecule has 3 heteroatoms. The van der Waals surface area contributed by atoms with Crippen molar-refractivity contribution in [1.29, 1.82) is 0 Å². The first-order valence-electron chi connectivity index (χ1n) is 10.5. The number of rotatable bonds is 18. The van der Waals surface area contributed by atoms with Crippen LogP contribution in [-0.2, 0) is 9.53 Å². The summed E-state index contributed by atoms with van der Waals surface area (Å²) in [6, 6.07) is 0. The number of esters is 1. The maximum atomic E-state index is 11.4. The molecule has 0 aliphatic heterocycles. The number of unbranched alkanes of at least 4 members (excludes halogenated alkanes) is 14. The lowest BCUT2D eigenvalue weighted by atomic mass is 10.0. The first-order chi connectivity index (χ1) is 11.7. The highest BCUT2D eigenvalue weighted by molar-refractivity contribution is 5.69. The standard InChI is InChI=1S/C21H43NO2/c1-4-5-6-7-8-9-10-11-12-13-14-15-16-17-18-19-21(23)24-20-22(2)3/h4-20H2,1-3H3. The van der Waals surface area contributed by atoms with E-state index >= 15 is 0 Å². The highest BCUT2D eigenvalue weighted by Crippen LogP contribution is 2.13. The van der Waals surface area contributed by atoms with Crippen molar-refractivity contribution >= 4 is 5.97 Å². The van der Waals surface area contributed by atoms with Crippen LogP contribution >= 0.6 is 0 Å². The molecule has 0 aromatic carbocycles. The van der Waals surface area contributed by atoms with Gasteiger partial charge < -0.3 is 4.74 Å². The number of hydrogen-bond donors (Lipinski definition) is 0. The minimum Gasteiger partial charge on any atom is -0.450 e. The van der Waals surface area contributed by atoms with E-state index in [2.05, 4.69) is 6.92 Å². The van der Waals surface area contributed by atoms with Gasteiger partial charge in [0.1, 0.15) is 6.73 Å². The molecule has 0 rings (SSSR count). The highest BCUT2D eigenvalue weighted by Gasteiger charge is 2.02. The van der Waals surface area contributed by atoms with Crippen LogP contribution in [0.3, 0.4) is 0 Å². The van der Waals surface area contributed by atoms with Gasteiger partial charge in [0.05, 0.1) is 0 Å². The molecule has 0 amide bonds. The minimum absolute atomic E-state index is 0.0570. The van der Waals surface area contributed by atoms with E-state index in [9.17, 15) is 4.79 Å². The highest BCUT2D eigenvalue weighted by atomic mass is 16.5. The van der Waals surface area contributed by atoms with Crippen molar-refractivity contribution in [2.75, 3.05) is 20.8 Å². The van der Waals surface area contributed by atoms with Crippen molar-refractivity contribution in [3.05, 3.63) is 0 Å². The number of carbonyl (C=O) groups excluding carboxylic acids is 1. The Hall–Kier alpha value is -0.570. The lowest BCUT2D eigenvalue weighted by Crippen LogP contribution is -2.19. The summed E-state index contributed by atoms with van der Waals surface area (Å²) in [6.45, 7) is 2.68. The molecule has 0 aliphatic carbocycles. The van der Waals surface area contributed by atoms with Crippen LogP contribution in [0.5, 0.6) is 0 Å². The summed E-state index contributed by atoms with van der Waals surface area (Å²) >= 11 is 0. The van der Waals surface area contributed by atoms with E-state index in [-0.39, 0.29) is 5.97 Å². The largest absolute Gasteiger partial charge is 0.450 e. The lowest BCUT2D eigenvalue weighted by Gasteiger charge is -2.10. The van der Waals surface area contributed by atoms with E-state index < -0.39 is 0 Å². The smallest absolute Gasteiger partial charge is 0.307 e. The Morgan fingerprint density at radius 2 is 1.04 bits per heavy atom. The van der Waals surface area contributed by atoms with Crippen LogP contribution in [0.1, 0.15) is 110 Å². The van der Waals surface area contributed by atoms with Crippen molar-refractivity contribution in [1.82, 2.24) is 4.90 Å². The maximum absolute atomic E-state index is 11.4. The summed E-state index contributed by atoms with van der Waals surface area (Å²) < 4.78 is 5.11. The van der Waals surface area contributed by atoms with E-state index in [0.29, 0.717) is 13.2 Å². The van der Waals surface area contributed by atoms with Gasteiger partial charge in [-0.2, -0.15) is 0 Å². The molecule has 24 heavy (non-hydrogen) atoms. The summed E-state index contributed by atoms with van der Waals surface area (Å²) in [5, 5.41) is 0. The van der Waals surface area contributed by atoms with Gasteiger partial charge in [0, 0.05) is 6.42 Å². The van der Waals surface area contributed by atoms with E-state index in [1.54, 1.807) is 0 Å². The van der Waals surface area contributed by atoms with Gasteiger partial charge in [0.15, 0.2) is 0 Å². The fourth-order valence-electron chi connectivity index (χ4n) is 2.91. The van der Waals surface area contributed by atoms with Crippen LogP contribution in [0.4, 0.5) is 0 Å². The number of ether oxygens (including phenoxy) is 1. The second-order valence-electron chi connectivity index (χ2n) is 7.42. The molecule has 0 spiro atoms. The average Bonchev–Trinajstić information content (AvgIpc) is 2.56. The molecule has 3 nitrogen and oxygen atoms in total. The van der Waals surface area contributed by atoms with Crippen molar-refractivity contribution in [3.8, 4) is 0 Å². The normalized spacial score (nSPS) is 11.2. The number of nitrogens with zero attached hydrogens (tertiary/aromatic N) is 1. The topological polar surface area (TPSA) is 29.5 Å². The molecule has 0 aromatic rings. The first kappa shape index (κ1) is 23.4. The Morgan fingerprint density at radius 3 is 1.42 bits per heavy atom. The third kappa shape index (κ3) is 19.5. The van der Waals surface area contributed by atoms with Gasteiger partial charge in [0.2, 0.25) is 0 Å². The van der Waals surface area contributed by atoms with Gasteiger partial charge in [-0.05, 0) is 20.5 Å². The molecule has 0 radical (unpaired) electrons. The second-order valence-corrected chi connectivity index (χ2v) is 7.42. The molecular formula is C21H43NO2. The summed E-state index contributed by atoms with van der Waals surface area (Å²) in [5.74, 6) is -0.0570. The van der Waals surface area contributed by atoms with Crippen molar-refractivity contribution < 1.29 is 9.53 Å². The maximum Gasteiger partial charge on any atom is 0.307 e.